The summed E-state index contributed by atoms with van der Waals surface area (Å²) >= 11 is 0. The van der Waals surface area contributed by atoms with Gasteiger partial charge in [0.25, 0.3) is 5.91 Å². The minimum absolute atomic E-state index is 0.232. The first kappa shape index (κ1) is 16.6. The van der Waals surface area contributed by atoms with Crippen molar-refractivity contribution in [3.8, 4) is 17.2 Å². The summed E-state index contributed by atoms with van der Waals surface area (Å²) in [6.07, 6.45) is 0.723. The molecule has 3 N–H and O–H groups in total. The van der Waals surface area contributed by atoms with E-state index >= 15 is 0 Å². The summed E-state index contributed by atoms with van der Waals surface area (Å²) in [7, 11) is 4.45. The van der Waals surface area contributed by atoms with Gasteiger partial charge in [0.1, 0.15) is 0 Å². The van der Waals surface area contributed by atoms with Crippen LogP contribution in [-0.2, 0) is 4.79 Å². The molecule has 1 rings (SSSR count). The molecule has 21 heavy (non-hydrogen) atoms. The van der Waals surface area contributed by atoms with Gasteiger partial charge in [0.05, 0.1) is 21.3 Å². The number of methoxy groups -OCH3 is 3. The topological polar surface area (TPSA) is 99.9 Å². The number of primary amides is 1. The molecule has 116 valence electrons. The first-order chi connectivity index (χ1) is 10.0. The molecule has 0 heterocycles. The van der Waals surface area contributed by atoms with Crippen molar-refractivity contribution < 1.29 is 23.8 Å². The average Bonchev–Trinajstić information content (AvgIpc) is 2.49. The van der Waals surface area contributed by atoms with Crippen LogP contribution in [0.15, 0.2) is 12.1 Å². The Kier molecular flexibility index (Phi) is 6.32. The molecule has 0 aliphatic carbocycles. The Bertz CT molecular complexity index is 491. The van der Waals surface area contributed by atoms with E-state index in [9.17, 15) is 9.59 Å². The Hall–Kier alpha value is -2.44. The van der Waals surface area contributed by atoms with Crippen molar-refractivity contribution >= 4 is 11.8 Å². The van der Waals surface area contributed by atoms with Gasteiger partial charge in [-0.25, -0.2) is 0 Å². The van der Waals surface area contributed by atoms with E-state index in [1.165, 1.54) is 21.3 Å². The first-order valence-electron chi connectivity index (χ1n) is 6.40. The smallest absolute Gasteiger partial charge is 0.251 e. The average molecular weight is 296 g/mol. The Morgan fingerprint density at radius 3 is 2.10 bits per heavy atom. The molecule has 2 amide bonds. The highest BCUT2D eigenvalue weighted by atomic mass is 16.5. The third-order valence-corrected chi connectivity index (χ3v) is 2.81. The van der Waals surface area contributed by atoms with Crippen LogP contribution in [0.5, 0.6) is 17.2 Å². The monoisotopic (exact) mass is 296 g/mol. The zero-order valence-corrected chi connectivity index (χ0v) is 12.4. The van der Waals surface area contributed by atoms with Crippen molar-refractivity contribution in [1.82, 2.24) is 5.32 Å². The van der Waals surface area contributed by atoms with Gasteiger partial charge in [-0.1, -0.05) is 0 Å². The van der Waals surface area contributed by atoms with E-state index in [4.69, 9.17) is 19.9 Å². The Balaban J connectivity index is 2.82. The number of carbonyl (C=O) groups excluding carboxylic acids is 2. The van der Waals surface area contributed by atoms with Crippen molar-refractivity contribution in [1.29, 1.82) is 0 Å². The largest absolute Gasteiger partial charge is 0.493 e. The zero-order chi connectivity index (χ0) is 15.8. The van der Waals surface area contributed by atoms with Gasteiger partial charge in [0.15, 0.2) is 11.5 Å². The van der Waals surface area contributed by atoms with Crippen molar-refractivity contribution in [3.63, 3.8) is 0 Å². The number of carbonyl (C=O) groups is 2. The molecule has 0 aliphatic heterocycles. The van der Waals surface area contributed by atoms with Crippen molar-refractivity contribution in [2.45, 2.75) is 12.8 Å². The van der Waals surface area contributed by atoms with Crippen LogP contribution in [0.3, 0.4) is 0 Å². The third kappa shape index (κ3) is 4.55. The van der Waals surface area contributed by atoms with E-state index in [2.05, 4.69) is 5.32 Å². The highest BCUT2D eigenvalue weighted by Crippen LogP contribution is 2.38. The molecule has 7 heteroatoms. The number of hydrogen-bond acceptors (Lipinski definition) is 5. The second-order valence-corrected chi connectivity index (χ2v) is 4.24. The molecular weight excluding hydrogens is 276 g/mol. The van der Waals surface area contributed by atoms with Crippen LogP contribution in [0.2, 0.25) is 0 Å². The minimum Gasteiger partial charge on any atom is -0.493 e. The standard InChI is InChI=1S/C14H20N2O5/c1-19-10-7-9(8-11(20-2)13(10)21-3)14(18)16-6-4-5-12(15)17/h7-8H,4-6H2,1-3H3,(H2,15,17)(H,16,18). The molecule has 0 radical (unpaired) electrons. The maximum absolute atomic E-state index is 12.0. The van der Waals surface area contributed by atoms with Gasteiger partial charge >= 0.3 is 0 Å². The summed E-state index contributed by atoms with van der Waals surface area (Å²) in [5.74, 6) is 0.541. The molecule has 0 unspecified atom stereocenters. The number of hydrogen-bond donors (Lipinski definition) is 2. The fraction of sp³-hybridized carbons (Fsp3) is 0.429. The maximum Gasteiger partial charge on any atom is 0.251 e. The molecule has 0 bridgehead atoms. The van der Waals surface area contributed by atoms with E-state index in [1.807, 2.05) is 0 Å². The first-order valence-corrected chi connectivity index (χ1v) is 6.40. The molecule has 1 aromatic carbocycles. The number of rotatable bonds is 8. The molecule has 0 fully saturated rings. The van der Waals surface area contributed by atoms with Crippen LogP contribution in [0.1, 0.15) is 23.2 Å². The van der Waals surface area contributed by atoms with E-state index in [0.717, 1.165) is 0 Å². The summed E-state index contributed by atoms with van der Waals surface area (Å²) < 4.78 is 15.5. The molecule has 1 aromatic rings. The lowest BCUT2D eigenvalue weighted by atomic mass is 10.1. The Morgan fingerprint density at radius 1 is 1.10 bits per heavy atom. The predicted molar refractivity (Wildman–Crippen MR) is 76.9 cm³/mol. The van der Waals surface area contributed by atoms with Gasteiger partial charge in [-0.15, -0.1) is 0 Å². The molecule has 0 saturated carbocycles. The number of amides is 2. The van der Waals surface area contributed by atoms with E-state index in [0.29, 0.717) is 35.8 Å². The molecule has 0 spiro atoms. The lowest BCUT2D eigenvalue weighted by Gasteiger charge is -2.14. The van der Waals surface area contributed by atoms with Crippen LogP contribution < -0.4 is 25.3 Å². The van der Waals surface area contributed by atoms with Crippen molar-refractivity contribution in [2.75, 3.05) is 27.9 Å². The summed E-state index contributed by atoms with van der Waals surface area (Å²) in [6.45, 7) is 0.360. The van der Waals surface area contributed by atoms with E-state index in [1.54, 1.807) is 12.1 Å². The predicted octanol–water partition coefficient (Wildman–Crippen LogP) is 0.708. The van der Waals surface area contributed by atoms with Crippen LogP contribution in [0, 0.1) is 0 Å². The third-order valence-electron chi connectivity index (χ3n) is 2.81. The summed E-state index contributed by atoms with van der Waals surface area (Å²) in [5, 5.41) is 2.70. The van der Waals surface area contributed by atoms with Crippen LogP contribution in [0.25, 0.3) is 0 Å². The zero-order valence-electron chi connectivity index (χ0n) is 12.4. The Morgan fingerprint density at radius 2 is 1.67 bits per heavy atom. The van der Waals surface area contributed by atoms with Crippen LogP contribution in [-0.4, -0.2) is 39.7 Å². The number of ether oxygens (including phenoxy) is 3. The normalized spacial score (nSPS) is 9.86. The molecular formula is C14H20N2O5. The second kappa shape index (κ2) is 7.98. The molecule has 0 saturated heterocycles. The summed E-state index contributed by atoms with van der Waals surface area (Å²) in [4.78, 5) is 22.7. The fourth-order valence-electron chi connectivity index (χ4n) is 1.78. The van der Waals surface area contributed by atoms with E-state index < -0.39 is 5.91 Å². The van der Waals surface area contributed by atoms with Crippen LogP contribution in [0.4, 0.5) is 0 Å². The second-order valence-electron chi connectivity index (χ2n) is 4.24. The molecule has 0 aliphatic rings. The molecule has 0 atom stereocenters. The van der Waals surface area contributed by atoms with Gasteiger partial charge < -0.3 is 25.3 Å². The minimum atomic E-state index is -0.392. The Labute approximate surface area is 123 Å². The number of nitrogens with one attached hydrogen (secondary N) is 1. The lowest BCUT2D eigenvalue weighted by Crippen LogP contribution is -2.25. The lowest BCUT2D eigenvalue weighted by molar-refractivity contribution is -0.118. The summed E-state index contributed by atoms with van der Waals surface area (Å²) in [5.41, 5.74) is 5.41. The van der Waals surface area contributed by atoms with Crippen molar-refractivity contribution in [2.24, 2.45) is 5.73 Å². The highest BCUT2D eigenvalue weighted by molar-refractivity contribution is 5.95. The molecule has 7 nitrogen and oxygen atoms in total. The number of nitrogens with two attached hydrogens (primary N) is 1. The molecule has 0 aromatic heterocycles. The van der Waals surface area contributed by atoms with Gasteiger partial charge in [-0.2, -0.15) is 0 Å². The van der Waals surface area contributed by atoms with Gasteiger partial charge in [-0.05, 0) is 18.6 Å². The van der Waals surface area contributed by atoms with Gasteiger partial charge in [0.2, 0.25) is 11.7 Å². The maximum atomic E-state index is 12.0. The van der Waals surface area contributed by atoms with Crippen molar-refractivity contribution in [3.05, 3.63) is 17.7 Å². The van der Waals surface area contributed by atoms with E-state index in [-0.39, 0.29) is 12.3 Å². The van der Waals surface area contributed by atoms with Gasteiger partial charge in [-0.3, -0.25) is 9.59 Å². The number of benzene rings is 1. The fourth-order valence-corrected chi connectivity index (χ4v) is 1.78. The highest BCUT2D eigenvalue weighted by Gasteiger charge is 2.16. The summed E-state index contributed by atoms with van der Waals surface area (Å²) in [6, 6.07) is 3.12. The quantitative estimate of drug-likeness (QED) is 0.688. The van der Waals surface area contributed by atoms with Gasteiger partial charge in [0, 0.05) is 18.5 Å². The van der Waals surface area contributed by atoms with Crippen LogP contribution >= 0.6 is 0 Å². The SMILES string of the molecule is COc1cc(C(=O)NCCCC(N)=O)cc(OC)c1OC.